The molecule has 0 spiro atoms. The Bertz CT molecular complexity index is 490. The summed E-state index contributed by atoms with van der Waals surface area (Å²) in [4.78, 5) is 10.8. The van der Waals surface area contributed by atoms with E-state index in [1.54, 1.807) is 11.3 Å². The summed E-state index contributed by atoms with van der Waals surface area (Å²) in [6, 6.07) is 5.83. The predicted octanol–water partition coefficient (Wildman–Crippen LogP) is 3.90. The first-order chi connectivity index (χ1) is 6.76. The van der Waals surface area contributed by atoms with Gasteiger partial charge in [0, 0.05) is 15.6 Å². The first-order valence-electron chi connectivity index (χ1n) is 4.02. The largest absolute Gasteiger partial charge is 0.298 e. The second kappa shape index (κ2) is 4.04. The molecule has 0 fully saturated rings. The van der Waals surface area contributed by atoms with E-state index < -0.39 is 0 Å². The lowest BCUT2D eigenvalue weighted by Gasteiger charge is -2.01. The van der Waals surface area contributed by atoms with E-state index in [1.807, 2.05) is 18.2 Å². The Morgan fingerprint density at radius 2 is 2.29 bits per heavy atom. The van der Waals surface area contributed by atoms with Gasteiger partial charge < -0.3 is 0 Å². The minimum Gasteiger partial charge on any atom is -0.298 e. The monoisotopic (exact) mass is 286 g/mol. The Labute approximate surface area is 99.7 Å². The van der Waals surface area contributed by atoms with Crippen molar-refractivity contribution in [2.75, 3.05) is 0 Å². The van der Waals surface area contributed by atoms with Crippen LogP contribution in [0, 0.1) is 0 Å². The Morgan fingerprint density at radius 3 is 2.93 bits per heavy atom. The predicted molar refractivity (Wildman–Crippen MR) is 67.1 cm³/mol. The molecule has 0 radical (unpaired) electrons. The van der Waals surface area contributed by atoms with Crippen LogP contribution in [0.2, 0.25) is 0 Å². The molecule has 1 heterocycles. The van der Waals surface area contributed by atoms with Gasteiger partial charge >= 0.3 is 0 Å². The van der Waals surface area contributed by atoms with Crippen LogP contribution >= 0.6 is 39.9 Å². The Hall–Kier alpha value is -0.320. The molecule has 0 unspecified atom stereocenters. The summed E-state index contributed by atoms with van der Waals surface area (Å²) in [6.45, 7) is 0. The van der Waals surface area contributed by atoms with Gasteiger partial charge in [0.1, 0.15) is 6.29 Å². The van der Waals surface area contributed by atoms with E-state index in [2.05, 4.69) is 28.6 Å². The Morgan fingerprint density at radius 1 is 1.50 bits per heavy atom. The molecule has 14 heavy (non-hydrogen) atoms. The number of alkyl halides is 1. The molecular weight excluding hydrogens is 280 g/mol. The van der Waals surface area contributed by atoms with Crippen LogP contribution < -0.4 is 0 Å². The molecule has 0 N–H and O–H groups in total. The van der Waals surface area contributed by atoms with Crippen LogP contribution in [0.15, 0.2) is 22.4 Å². The standard InChI is InChI=1S/C10H7BrOS2/c11-4-8-6(5-12)1-2-9-7(8)3-10(13)14-9/h1-3,5,13H,4H2. The first-order valence-corrected chi connectivity index (χ1v) is 6.40. The van der Waals surface area contributed by atoms with Crippen LogP contribution in [-0.4, -0.2) is 6.29 Å². The number of rotatable bonds is 2. The summed E-state index contributed by atoms with van der Waals surface area (Å²) >= 11 is 9.34. The van der Waals surface area contributed by atoms with Crippen molar-refractivity contribution in [2.45, 2.75) is 9.54 Å². The van der Waals surface area contributed by atoms with Crippen molar-refractivity contribution in [1.29, 1.82) is 0 Å². The fourth-order valence-corrected chi connectivity index (χ4v) is 3.31. The summed E-state index contributed by atoms with van der Waals surface area (Å²) in [7, 11) is 0. The molecule has 2 rings (SSSR count). The number of carbonyl (C=O) groups is 1. The highest BCUT2D eigenvalue weighted by atomic mass is 79.9. The molecule has 0 bridgehead atoms. The number of carbonyl (C=O) groups excluding carboxylic acids is 1. The maximum absolute atomic E-state index is 10.8. The van der Waals surface area contributed by atoms with E-state index >= 15 is 0 Å². The van der Waals surface area contributed by atoms with E-state index in [0.717, 1.165) is 27.0 Å². The molecule has 0 aliphatic rings. The average molecular weight is 287 g/mol. The number of benzene rings is 1. The van der Waals surface area contributed by atoms with Crippen molar-refractivity contribution in [2.24, 2.45) is 0 Å². The van der Waals surface area contributed by atoms with E-state index in [9.17, 15) is 4.79 Å². The molecule has 0 saturated heterocycles. The summed E-state index contributed by atoms with van der Waals surface area (Å²) in [5, 5.41) is 1.82. The molecule has 0 aliphatic carbocycles. The van der Waals surface area contributed by atoms with Crippen molar-refractivity contribution < 1.29 is 4.79 Å². The van der Waals surface area contributed by atoms with Crippen LogP contribution in [0.25, 0.3) is 10.1 Å². The topological polar surface area (TPSA) is 17.1 Å². The molecular formula is C10H7BrOS2. The smallest absolute Gasteiger partial charge is 0.150 e. The van der Waals surface area contributed by atoms with Crippen molar-refractivity contribution in [3.63, 3.8) is 0 Å². The number of fused-ring (bicyclic) bond motifs is 1. The molecule has 0 aliphatic heterocycles. The van der Waals surface area contributed by atoms with E-state index in [4.69, 9.17) is 0 Å². The Balaban J connectivity index is 2.82. The maximum atomic E-state index is 10.8. The zero-order chi connectivity index (χ0) is 10.1. The summed E-state index contributed by atoms with van der Waals surface area (Å²) in [5.74, 6) is 0. The summed E-state index contributed by atoms with van der Waals surface area (Å²) in [6.07, 6.45) is 0.895. The van der Waals surface area contributed by atoms with Crippen LogP contribution in [0.1, 0.15) is 15.9 Å². The summed E-state index contributed by atoms with van der Waals surface area (Å²) < 4.78 is 2.15. The van der Waals surface area contributed by atoms with Gasteiger partial charge in [-0.2, -0.15) is 0 Å². The third kappa shape index (κ3) is 1.62. The number of hydrogen-bond acceptors (Lipinski definition) is 3. The first kappa shape index (κ1) is 10.2. The highest BCUT2D eigenvalue weighted by Crippen LogP contribution is 2.32. The minimum absolute atomic E-state index is 0.697. The number of thiophene rings is 1. The van der Waals surface area contributed by atoms with Gasteiger partial charge in [0.15, 0.2) is 0 Å². The lowest BCUT2D eigenvalue weighted by molar-refractivity contribution is 0.112. The molecule has 0 saturated carbocycles. The van der Waals surface area contributed by atoms with Crippen molar-refractivity contribution in [1.82, 2.24) is 0 Å². The van der Waals surface area contributed by atoms with Gasteiger partial charge in [-0.1, -0.05) is 15.9 Å². The molecule has 1 nitrogen and oxygen atoms in total. The molecule has 0 atom stereocenters. The lowest BCUT2D eigenvalue weighted by Crippen LogP contribution is -1.88. The fraction of sp³-hybridized carbons (Fsp3) is 0.100. The molecule has 1 aromatic carbocycles. The van der Waals surface area contributed by atoms with E-state index in [0.29, 0.717) is 5.33 Å². The molecule has 2 aromatic rings. The van der Waals surface area contributed by atoms with Gasteiger partial charge in [0.2, 0.25) is 0 Å². The highest BCUT2D eigenvalue weighted by Gasteiger charge is 2.08. The van der Waals surface area contributed by atoms with Gasteiger partial charge in [-0.3, -0.25) is 4.79 Å². The van der Waals surface area contributed by atoms with Gasteiger partial charge in [0.05, 0.1) is 4.21 Å². The quantitative estimate of drug-likeness (QED) is 0.503. The molecule has 0 amide bonds. The normalized spacial score (nSPS) is 10.7. The van der Waals surface area contributed by atoms with Crippen LogP contribution in [0.3, 0.4) is 0 Å². The van der Waals surface area contributed by atoms with E-state index in [-0.39, 0.29) is 0 Å². The Kier molecular flexibility index (Phi) is 2.95. The van der Waals surface area contributed by atoms with Crippen molar-refractivity contribution >= 4 is 56.3 Å². The second-order valence-corrected chi connectivity index (χ2v) is 5.31. The van der Waals surface area contributed by atoms with Gasteiger partial charge in [-0.15, -0.1) is 24.0 Å². The molecule has 72 valence electrons. The molecule has 1 aromatic heterocycles. The summed E-state index contributed by atoms with van der Waals surface area (Å²) in [5.41, 5.74) is 1.80. The number of hydrogen-bond donors (Lipinski definition) is 1. The van der Waals surface area contributed by atoms with Crippen LogP contribution in [0.4, 0.5) is 0 Å². The molecule has 4 heteroatoms. The SMILES string of the molecule is O=Cc1ccc2sc(S)cc2c1CBr. The van der Waals surface area contributed by atoms with Crippen molar-refractivity contribution in [3.05, 3.63) is 29.3 Å². The zero-order valence-electron chi connectivity index (χ0n) is 7.16. The van der Waals surface area contributed by atoms with Crippen LogP contribution in [0.5, 0.6) is 0 Å². The van der Waals surface area contributed by atoms with Gasteiger partial charge in [-0.25, -0.2) is 0 Å². The maximum Gasteiger partial charge on any atom is 0.150 e. The van der Waals surface area contributed by atoms with E-state index in [1.165, 1.54) is 4.70 Å². The van der Waals surface area contributed by atoms with Gasteiger partial charge in [0.25, 0.3) is 0 Å². The van der Waals surface area contributed by atoms with Crippen molar-refractivity contribution in [3.8, 4) is 0 Å². The lowest BCUT2D eigenvalue weighted by atomic mass is 10.1. The third-order valence-corrected chi connectivity index (χ3v) is 3.96. The fourth-order valence-electron chi connectivity index (χ4n) is 1.43. The second-order valence-electron chi connectivity index (χ2n) is 2.88. The average Bonchev–Trinajstić information content (AvgIpc) is 2.56. The van der Waals surface area contributed by atoms with Gasteiger partial charge in [-0.05, 0) is 29.1 Å². The number of halogens is 1. The van der Waals surface area contributed by atoms with Crippen LogP contribution in [-0.2, 0) is 5.33 Å². The minimum atomic E-state index is 0.697. The number of thiol groups is 1. The zero-order valence-corrected chi connectivity index (χ0v) is 10.5. The number of aldehydes is 1. The third-order valence-electron chi connectivity index (χ3n) is 2.10. The highest BCUT2D eigenvalue weighted by molar-refractivity contribution is 9.08.